The molecule has 0 saturated carbocycles. The number of amides is 1. The number of aliphatic hydroxyl groups is 1. The molecule has 0 spiro atoms. The molecule has 88 valence electrons. The highest BCUT2D eigenvalue weighted by molar-refractivity contribution is 5.75. The van der Waals surface area contributed by atoms with E-state index < -0.39 is 0 Å². The van der Waals surface area contributed by atoms with Gasteiger partial charge in [0.15, 0.2) is 0 Å². The maximum atomic E-state index is 11.7. The van der Waals surface area contributed by atoms with Crippen molar-refractivity contribution in [1.82, 2.24) is 4.90 Å². The first-order valence-electron chi connectivity index (χ1n) is 5.70. The summed E-state index contributed by atoms with van der Waals surface area (Å²) in [5.41, 5.74) is 1.13. The predicted octanol–water partition coefficient (Wildman–Crippen LogP) is 1.81. The van der Waals surface area contributed by atoms with Gasteiger partial charge < -0.3 is 10.0 Å². The first-order valence-corrected chi connectivity index (χ1v) is 5.70. The molecule has 0 heterocycles. The Bertz CT molecular complexity index is 311. The molecule has 1 amide bonds. The van der Waals surface area contributed by atoms with Crippen molar-refractivity contribution in [3.63, 3.8) is 0 Å². The molecular formula is C13H19NO2. The Morgan fingerprint density at radius 2 is 2.00 bits per heavy atom. The number of aliphatic hydroxyl groups excluding tert-OH is 1. The number of carbonyl (C=O) groups is 1. The van der Waals surface area contributed by atoms with Gasteiger partial charge in [-0.25, -0.2) is 0 Å². The van der Waals surface area contributed by atoms with Crippen LogP contribution in [0.5, 0.6) is 0 Å². The van der Waals surface area contributed by atoms with E-state index in [1.54, 1.807) is 4.90 Å². The second kappa shape index (κ2) is 7.01. The van der Waals surface area contributed by atoms with Crippen molar-refractivity contribution in [1.29, 1.82) is 0 Å². The molecule has 0 saturated heterocycles. The van der Waals surface area contributed by atoms with Crippen molar-refractivity contribution >= 4 is 5.91 Å². The summed E-state index contributed by atoms with van der Waals surface area (Å²) < 4.78 is 0. The SMILES string of the molecule is CCC(=O)N(CCCO)Cc1ccccc1. The molecule has 1 aromatic carbocycles. The Kier molecular flexibility index (Phi) is 5.57. The number of rotatable bonds is 6. The van der Waals surface area contributed by atoms with Crippen LogP contribution in [-0.4, -0.2) is 29.1 Å². The highest BCUT2D eigenvalue weighted by Crippen LogP contribution is 2.06. The Morgan fingerprint density at radius 3 is 2.56 bits per heavy atom. The lowest BCUT2D eigenvalue weighted by Gasteiger charge is -2.21. The fourth-order valence-corrected chi connectivity index (χ4v) is 1.58. The quantitative estimate of drug-likeness (QED) is 0.796. The molecule has 0 aromatic heterocycles. The van der Waals surface area contributed by atoms with E-state index in [9.17, 15) is 4.79 Å². The van der Waals surface area contributed by atoms with E-state index in [0.29, 0.717) is 25.9 Å². The summed E-state index contributed by atoms with van der Waals surface area (Å²) in [5.74, 6) is 0.136. The molecule has 0 aliphatic rings. The number of hydrogen-bond acceptors (Lipinski definition) is 2. The van der Waals surface area contributed by atoms with Gasteiger partial charge in [0.05, 0.1) is 0 Å². The van der Waals surface area contributed by atoms with E-state index in [1.807, 2.05) is 37.3 Å². The van der Waals surface area contributed by atoms with Crippen LogP contribution in [0.1, 0.15) is 25.3 Å². The zero-order valence-electron chi connectivity index (χ0n) is 9.72. The molecule has 3 heteroatoms. The molecular weight excluding hydrogens is 202 g/mol. The van der Waals surface area contributed by atoms with Crippen molar-refractivity contribution in [3.05, 3.63) is 35.9 Å². The van der Waals surface area contributed by atoms with Crippen LogP contribution in [-0.2, 0) is 11.3 Å². The topological polar surface area (TPSA) is 40.5 Å². The lowest BCUT2D eigenvalue weighted by molar-refractivity contribution is -0.131. The smallest absolute Gasteiger partial charge is 0.222 e. The standard InChI is InChI=1S/C13H19NO2/c1-2-13(16)14(9-6-10-15)11-12-7-4-3-5-8-12/h3-5,7-8,15H,2,6,9-11H2,1H3. The third-order valence-corrected chi connectivity index (χ3v) is 2.46. The van der Waals surface area contributed by atoms with Gasteiger partial charge in [0.1, 0.15) is 0 Å². The summed E-state index contributed by atoms with van der Waals surface area (Å²) in [6.07, 6.45) is 1.15. The molecule has 0 unspecified atom stereocenters. The molecule has 1 N–H and O–H groups in total. The minimum Gasteiger partial charge on any atom is -0.396 e. The zero-order valence-corrected chi connectivity index (χ0v) is 9.72. The maximum Gasteiger partial charge on any atom is 0.222 e. The molecule has 0 bridgehead atoms. The highest BCUT2D eigenvalue weighted by atomic mass is 16.3. The van der Waals surface area contributed by atoms with Crippen molar-refractivity contribution in [3.8, 4) is 0 Å². The van der Waals surface area contributed by atoms with Gasteiger partial charge in [-0.3, -0.25) is 4.79 Å². The van der Waals surface area contributed by atoms with Gasteiger partial charge >= 0.3 is 0 Å². The number of carbonyl (C=O) groups excluding carboxylic acids is 1. The average molecular weight is 221 g/mol. The summed E-state index contributed by atoms with van der Waals surface area (Å²) in [6.45, 7) is 3.24. The highest BCUT2D eigenvalue weighted by Gasteiger charge is 2.10. The van der Waals surface area contributed by atoms with Gasteiger partial charge in [-0.2, -0.15) is 0 Å². The summed E-state index contributed by atoms with van der Waals surface area (Å²) >= 11 is 0. The van der Waals surface area contributed by atoms with Crippen LogP contribution >= 0.6 is 0 Å². The van der Waals surface area contributed by atoms with Gasteiger partial charge in [0, 0.05) is 26.1 Å². The van der Waals surface area contributed by atoms with E-state index in [0.717, 1.165) is 5.56 Å². The molecule has 16 heavy (non-hydrogen) atoms. The lowest BCUT2D eigenvalue weighted by Crippen LogP contribution is -2.31. The minimum atomic E-state index is 0.127. The van der Waals surface area contributed by atoms with Crippen LogP contribution in [0.4, 0.5) is 0 Å². The first kappa shape index (κ1) is 12.7. The second-order valence-electron chi connectivity index (χ2n) is 3.73. The molecule has 0 radical (unpaired) electrons. The molecule has 1 aromatic rings. The second-order valence-corrected chi connectivity index (χ2v) is 3.73. The van der Waals surface area contributed by atoms with E-state index in [1.165, 1.54) is 0 Å². The van der Waals surface area contributed by atoms with Crippen LogP contribution in [0.25, 0.3) is 0 Å². The molecule has 0 aliphatic heterocycles. The minimum absolute atomic E-state index is 0.127. The van der Waals surface area contributed by atoms with Crippen molar-refractivity contribution in [2.24, 2.45) is 0 Å². The largest absolute Gasteiger partial charge is 0.396 e. The summed E-state index contributed by atoms with van der Waals surface area (Å²) in [5, 5.41) is 8.80. The predicted molar refractivity (Wildman–Crippen MR) is 63.9 cm³/mol. The first-order chi connectivity index (χ1) is 7.77. The molecule has 3 nitrogen and oxygen atoms in total. The Labute approximate surface area is 96.7 Å². The Balaban J connectivity index is 2.59. The number of hydrogen-bond donors (Lipinski definition) is 1. The van der Waals surface area contributed by atoms with Gasteiger partial charge in [0.2, 0.25) is 5.91 Å². The van der Waals surface area contributed by atoms with Crippen molar-refractivity contribution in [2.75, 3.05) is 13.2 Å². The normalized spacial score (nSPS) is 10.1. The van der Waals surface area contributed by atoms with Crippen molar-refractivity contribution < 1.29 is 9.90 Å². The average Bonchev–Trinajstić information content (AvgIpc) is 2.34. The van der Waals surface area contributed by atoms with Crippen molar-refractivity contribution in [2.45, 2.75) is 26.3 Å². The fourth-order valence-electron chi connectivity index (χ4n) is 1.58. The van der Waals surface area contributed by atoms with Crippen LogP contribution in [0, 0.1) is 0 Å². The van der Waals surface area contributed by atoms with Gasteiger partial charge in [0.25, 0.3) is 0 Å². The third kappa shape index (κ3) is 4.03. The fraction of sp³-hybridized carbons (Fsp3) is 0.462. The molecule has 0 aliphatic carbocycles. The monoisotopic (exact) mass is 221 g/mol. The molecule has 0 fully saturated rings. The molecule has 1 rings (SSSR count). The Hall–Kier alpha value is -1.35. The summed E-state index contributed by atoms with van der Waals surface area (Å²) in [4.78, 5) is 13.5. The number of benzene rings is 1. The van der Waals surface area contributed by atoms with Crippen LogP contribution < -0.4 is 0 Å². The van der Waals surface area contributed by atoms with E-state index in [4.69, 9.17) is 5.11 Å². The van der Waals surface area contributed by atoms with Gasteiger partial charge in [-0.05, 0) is 12.0 Å². The van der Waals surface area contributed by atoms with E-state index in [-0.39, 0.29) is 12.5 Å². The number of nitrogens with zero attached hydrogens (tertiary/aromatic N) is 1. The van der Waals surface area contributed by atoms with Gasteiger partial charge in [-0.15, -0.1) is 0 Å². The Morgan fingerprint density at radius 1 is 1.31 bits per heavy atom. The third-order valence-electron chi connectivity index (χ3n) is 2.46. The summed E-state index contributed by atoms with van der Waals surface area (Å²) in [6, 6.07) is 9.92. The van der Waals surface area contributed by atoms with Gasteiger partial charge in [-0.1, -0.05) is 37.3 Å². The zero-order chi connectivity index (χ0) is 11.8. The molecule has 0 atom stereocenters. The van der Waals surface area contributed by atoms with Crippen LogP contribution in [0.15, 0.2) is 30.3 Å². The maximum absolute atomic E-state index is 11.7. The lowest BCUT2D eigenvalue weighted by atomic mass is 10.2. The van der Waals surface area contributed by atoms with E-state index in [2.05, 4.69) is 0 Å². The van der Waals surface area contributed by atoms with Crippen LogP contribution in [0.3, 0.4) is 0 Å². The van der Waals surface area contributed by atoms with Crippen LogP contribution in [0.2, 0.25) is 0 Å². The summed E-state index contributed by atoms with van der Waals surface area (Å²) in [7, 11) is 0. The van der Waals surface area contributed by atoms with E-state index >= 15 is 0 Å².